The van der Waals surface area contributed by atoms with Crippen molar-refractivity contribution in [3.05, 3.63) is 30.1 Å². The summed E-state index contributed by atoms with van der Waals surface area (Å²) in [4.78, 5) is 26.0. The highest BCUT2D eigenvalue weighted by atomic mass is 32.2. The number of nitrogens with zero attached hydrogens (tertiary/aromatic N) is 1. The van der Waals surface area contributed by atoms with Crippen molar-refractivity contribution in [2.24, 2.45) is 4.99 Å². The average molecular weight is 267 g/mol. The molecule has 1 aliphatic heterocycles. The van der Waals surface area contributed by atoms with Gasteiger partial charge in [-0.3, -0.25) is 9.59 Å². The Morgan fingerprint density at radius 2 is 2.11 bits per heavy atom. The van der Waals surface area contributed by atoms with Gasteiger partial charge in [-0.05, 0) is 24.3 Å². The molecule has 0 bridgehead atoms. The Hall–Kier alpha value is -1.89. The van der Waals surface area contributed by atoms with Gasteiger partial charge >= 0.3 is 0 Å². The number of amides is 2. The second-order valence-corrected chi connectivity index (χ2v) is 4.74. The zero-order chi connectivity index (χ0) is 13.1. The minimum absolute atomic E-state index is 0.129. The van der Waals surface area contributed by atoms with Crippen LogP contribution in [-0.4, -0.2) is 22.3 Å². The van der Waals surface area contributed by atoms with Crippen LogP contribution in [0.3, 0.4) is 0 Å². The molecule has 0 spiro atoms. The molecule has 0 fully saturated rings. The SMILES string of the molecule is O=C(C[C@H]1SC([O-])=NC1=O)Nc1ccc(F)cc1. The lowest BCUT2D eigenvalue weighted by Crippen LogP contribution is -2.21. The summed E-state index contributed by atoms with van der Waals surface area (Å²) in [6, 6.07) is 5.24. The highest BCUT2D eigenvalue weighted by Gasteiger charge is 2.26. The standard InChI is InChI=1S/C11H9FN2O3S/c12-6-1-3-7(4-2-6)13-9(15)5-8-10(16)14-11(17)18-8/h1-4,8H,5H2,(H,13,15)(H,14,16,17)/p-1/t8-/m1/s1. The second kappa shape index (κ2) is 5.18. The number of halogens is 1. The van der Waals surface area contributed by atoms with E-state index in [1.54, 1.807) is 0 Å². The van der Waals surface area contributed by atoms with Gasteiger partial charge in [0.2, 0.25) is 5.91 Å². The first-order valence-electron chi connectivity index (χ1n) is 5.06. The van der Waals surface area contributed by atoms with E-state index in [2.05, 4.69) is 10.3 Å². The largest absolute Gasteiger partial charge is 0.854 e. The highest BCUT2D eigenvalue weighted by molar-refractivity contribution is 8.14. The molecule has 1 heterocycles. The molecular formula is C11H8FN2O3S-. The van der Waals surface area contributed by atoms with E-state index in [0.29, 0.717) is 5.69 Å². The Kier molecular flexibility index (Phi) is 3.61. The van der Waals surface area contributed by atoms with E-state index in [0.717, 1.165) is 11.8 Å². The van der Waals surface area contributed by atoms with Crippen molar-refractivity contribution in [2.45, 2.75) is 11.7 Å². The predicted octanol–water partition coefficient (Wildman–Crippen LogP) is 0.513. The topological polar surface area (TPSA) is 81.6 Å². The van der Waals surface area contributed by atoms with Gasteiger partial charge in [0.05, 0.1) is 5.25 Å². The summed E-state index contributed by atoms with van der Waals surface area (Å²) >= 11 is 0.739. The van der Waals surface area contributed by atoms with Crippen LogP contribution in [0.4, 0.5) is 10.1 Å². The lowest BCUT2D eigenvalue weighted by molar-refractivity contribution is -0.205. The summed E-state index contributed by atoms with van der Waals surface area (Å²) in [6.07, 6.45) is -0.129. The number of carbonyl (C=O) groups is 2. The maximum absolute atomic E-state index is 12.6. The molecule has 1 aromatic rings. The first-order valence-corrected chi connectivity index (χ1v) is 5.94. The molecule has 0 saturated heterocycles. The van der Waals surface area contributed by atoms with Gasteiger partial charge in [0.15, 0.2) is 0 Å². The summed E-state index contributed by atoms with van der Waals surface area (Å²) in [6.45, 7) is 0. The summed E-state index contributed by atoms with van der Waals surface area (Å²) < 4.78 is 12.6. The van der Waals surface area contributed by atoms with Gasteiger partial charge in [0.1, 0.15) is 5.82 Å². The number of carbonyl (C=O) groups excluding carboxylic acids is 2. The molecular weight excluding hydrogens is 259 g/mol. The molecule has 2 rings (SSSR count). The maximum atomic E-state index is 12.6. The number of anilines is 1. The fourth-order valence-corrected chi connectivity index (χ4v) is 2.18. The fourth-order valence-electron chi connectivity index (χ4n) is 1.40. The molecule has 0 radical (unpaired) electrons. The van der Waals surface area contributed by atoms with E-state index in [1.807, 2.05) is 0 Å². The molecule has 18 heavy (non-hydrogen) atoms. The van der Waals surface area contributed by atoms with Gasteiger partial charge in [0, 0.05) is 17.3 Å². The average Bonchev–Trinajstić information content (AvgIpc) is 2.61. The summed E-state index contributed by atoms with van der Waals surface area (Å²) in [7, 11) is 0. The highest BCUT2D eigenvalue weighted by Crippen LogP contribution is 2.23. The molecule has 1 N–H and O–H groups in total. The second-order valence-electron chi connectivity index (χ2n) is 3.58. The van der Waals surface area contributed by atoms with Crippen LogP contribution in [0.5, 0.6) is 0 Å². The van der Waals surface area contributed by atoms with Gasteiger partial charge in [-0.2, -0.15) is 0 Å². The predicted molar refractivity (Wildman–Crippen MR) is 63.5 cm³/mol. The van der Waals surface area contributed by atoms with Crippen LogP contribution in [0.25, 0.3) is 0 Å². The summed E-state index contributed by atoms with van der Waals surface area (Å²) in [5.41, 5.74) is 0.431. The van der Waals surface area contributed by atoms with Gasteiger partial charge in [0.25, 0.3) is 5.91 Å². The van der Waals surface area contributed by atoms with Crippen LogP contribution >= 0.6 is 11.8 Å². The number of benzene rings is 1. The Bertz CT molecular complexity index is 516. The van der Waals surface area contributed by atoms with Crippen LogP contribution in [0.2, 0.25) is 0 Å². The maximum Gasteiger partial charge on any atom is 0.259 e. The first kappa shape index (κ1) is 12.6. The minimum Gasteiger partial charge on any atom is -0.854 e. The molecule has 1 aliphatic rings. The third-order valence-corrected chi connectivity index (χ3v) is 3.16. The Morgan fingerprint density at radius 3 is 2.67 bits per heavy atom. The zero-order valence-corrected chi connectivity index (χ0v) is 9.87. The van der Waals surface area contributed by atoms with Crippen molar-refractivity contribution >= 4 is 34.5 Å². The molecule has 0 aliphatic carbocycles. The van der Waals surface area contributed by atoms with Crippen LogP contribution in [-0.2, 0) is 9.59 Å². The molecule has 0 unspecified atom stereocenters. The van der Waals surface area contributed by atoms with Crippen LogP contribution in [0.15, 0.2) is 29.3 Å². The van der Waals surface area contributed by atoms with E-state index in [4.69, 9.17) is 0 Å². The third kappa shape index (κ3) is 3.07. The minimum atomic E-state index is -0.752. The quantitative estimate of drug-likeness (QED) is 0.865. The molecule has 2 amide bonds. The van der Waals surface area contributed by atoms with Crippen molar-refractivity contribution < 1.29 is 19.1 Å². The number of aliphatic imine (C=N–C) groups is 1. The Balaban J connectivity index is 1.90. The number of rotatable bonds is 3. The zero-order valence-electron chi connectivity index (χ0n) is 9.05. The monoisotopic (exact) mass is 267 g/mol. The van der Waals surface area contributed by atoms with Gasteiger partial charge < -0.3 is 10.4 Å². The van der Waals surface area contributed by atoms with Crippen molar-refractivity contribution in [3.63, 3.8) is 0 Å². The number of nitrogens with one attached hydrogen (secondary N) is 1. The van der Waals surface area contributed by atoms with Crippen molar-refractivity contribution in [1.82, 2.24) is 0 Å². The molecule has 0 saturated carbocycles. The molecule has 7 heteroatoms. The Morgan fingerprint density at radius 1 is 1.44 bits per heavy atom. The number of hydrogen-bond donors (Lipinski definition) is 1. The van der Waals surface area contributed by atoms with E-state index >= 15 is 0 Å². The van der Waals surface area contributed by atoms with Gasteiger partial charge in [-0.1, -0.05) is 0 Å². The van der Waals surface area contributed by atoms with Gasteiger partial charge in [-0.15, -0.1) is 11.8 Å². The van der Waals surface area contributed by atoms with E-state index < -0.39 is 28.1 Å². The van der Waals surface area contributed by atoms with Crippen molar-refractivity contribution in [2.75, 3.05) is 5.32 Å². The number of thioether (sulfide) groups is 1. The number of hydrogen-bond acceptors (Lipinski definition) is 4. The lowest BCUT2D eigenvalue weighted by Gasteiger charge is -2.09. The molecule has 0 aromatic heterocycles. The van der Waals surface area contributed by atoms with Crippen molar-refractivity contribution in [3.8, 4) is 0 Å². The smallest absolute Gasteiger partial charge is 0.259 e. The summed E-state index contributed by atoms with van der Waals surface area (Å²) in [5.74, 6) is -1.41. The molecule has 1 atom stereocenters. The third-order valence-electron chi connectivity index (χ3n) is 2.22. The van der Waals surface area contributed by atoms with E-state index in [9.17, 15) is 19.1 Å². The van der Waals surface area contributed by atoms with Crippen LogP contribution in [0.1, 0.15) is 6.42 Å². The summed E-state index contributed by atoms with van der Waals surface area (Å²) in [5, 5.41) is 12.0. The molecule has 94 valence electrons. The first-order chi connectivity index (χ1) is 8.54. The van der Waals surface area contributed by atoms with E-state index in [-0.39, 0.29) is 6.42 Å². The van der Waals surface area contributed by atoms with E-state index in [1.165, 1.54) is 24.3 Å². The van der Waals surface area contributed by atoms with Crippen LogP contribution in [0, 0.1) is 5.82 Å². The van der Waals surface area contributed by atoms with Crippen LogP contribution < -0.4 is 10.4 Å². The Labute approximate surface area is 106 Å². The van der Waals surface area contributed by atoms with Gasteiger partial charge in [-0.25, -0.2) is 9.38 Å². The van der Waals surface area contributed by atoms with Crippen molar-refractivity contribution in [1.29, 1.82) is 0 Å². The molecule has 5 nitrogen and oxygen atoms in total. The fraction of sp³-hybridized carbons (Fsp3) is 0.182. The normalized spacial score (nSPS) is 18.6. The lowest BCUT2D eigenvalue weighted by atomic mass is 10.2. The molecule has 1 aromatic carbocycles.